The summed E-state index contributed by atoms with van der Waals surface area (Å²) in [4.78, 5) is 15.7. The van der Waals surface area contributed by atoms with E-state index in [1.54, 1.807) is 38.4 Å². The fourth-order valence-electron chi connectivity index (χ4n) is 1.82. The molecule has 0 aliphatic heterocycles. The Labute approximate surface area is 118 Å². The van der Waals surface area contributed by atoms with Gasteiger partial charge in [0.2, 0.25) is 0 Å². The molecule has 2 N–H and O–H groups in total. The lowest BCUT2D eigenvalue weighted by Crippen LogP contribution is -2.23. The average molecular weight is 270 g/mol. The van der Waals surface area contributed by atoms with Gasteiger partial charge in [-0.1, -0.05) is 24.3 Å². The van der Waals surface area contributed by atoms with E-state index < -0.39 is 5.60 Å². The van der Waals surface area contributed by atoms with Crippen molar-refractivity contribution < 1.29 is 9.90 Å². The third kappa shape index (κ3) is 3.65. The Morgan fingerprint density at radius 3 is 2.30 bits per heavy atom. The first-order valence-corrected chi connectivity index (χ1v) is 6.47. The molecular formula is C16H18N2O2. The van der Waals surface area contributed by atoms with E-state index in [1.165, 1.54) is 0 Å². The molecule has 104 valence electrons. The maximum Gasteiger partial charge on any atom is 0.251 e. The molecule has 4 nitrogen and oxygen atoms in total. The summed E-state index contributed by atoms with van der Waals surface area (Å²) >= 11 is 0. The molecule has 2 rings (SSSR count). The smallest absolute Gasteiger partial charge is 0.251 e. The van der Waals surface area contributed by atoms with Crippen LogP contribution in [0.3, 0.4) is 0 Å². The number of aromatic nitrogens is 1. The van der Waals surface area contributed by atoms with Crippen LogP contribution < -0.4 is 5.32 Å². The number of hydrogen-bond donors (Lipinski definition) is 2. The highest BCUT2D eigenvalue weighted by Crippen LogP contribution is 2.19. The lowest BCUT2D eigenvalue weighted by atomic mass is 9.97. The van der Waals surface area contributed by atoms with Gasteiger partial charge in [-0.2, -0.15) is 0 Å². The molecule has 2 aromatic rings. The average Bonchev–Trinajstić information content (AvgIpc) is 2.45. The van der Waals surface area contributed by atoms with Crippen LogP contribution in [0, 0.1) is 0 Å². The van der Waals surface area contributed by atoms with Gasteiger partial charge < -0.3 is 10.4 Å². The first-order valence-electron chi connectivity index (χ1n) is 6.47. The molecule has 0 saturated carbocycles. The van der Waals surface area contributed by atoms with Crippen molar-refractivity contribution in [2.75, 3.05) is 0 Å². The van der Waals surface area contributed by atoms with E-state index in [2.05, 4.69) is 10.3 Å². The van der Waals surface area contributed by atoms with E-state index in [-0.39, 0.29) is 5.91 Å². The maximum atomic E-state index is 11.9. The molecule has 4 heteroatoms. The first kappa shape index (κ1) is 14.2. The number of nitrogens with zero attached hydrogens (tertiary/aromatic N) is 1. The molecule has 1 aromatic heterocycles. The first-order chi connectivity index (χ1) is 9.47. The molecule has 0 bridgehead atoms. The molecule has 0 aliphatic carbocycles. The van der Waals surface area contributed by atoms with Crippen LogP contribution in [-0.4, -0.2) is 16.0 Å². The molecule has 0 unspecified atom stereocenters. The van der Waals surface area contributed by atoms with Gasteiger partial charge in [0.1, 0.15) is 0 Å². The van der Waals surface area contributed by atoms with E-state index in [9.17, 15) is 9.90 Å². The Hall–Kier alpha value is -2.20. The standard InChI is InChI=1S/C16H18N2O2/c1-16(2,20)14-5-3-12(4-6-14)11-18-15(19)13-7-9-17-10-8-13/h3-10,20H,11H2,1-2H3,(H,18,19). The topological polar surface area (TPSA) is 62.2 Å². The van der Waals surface area contributed by atoms with Gasteiger partial charge in [-0.25, -0.2) is 0 Å². The summed E-state index contributed by atoms with van der Waals surface area (Å²) in [5.41, 5.74) is 1.58. The summed E-state index contributed by atoms with van der Waals surface area (Å²) in [6, 6.07) is 10.9. The van der Waals surface area contributed by atoms with Crippen LogP contribution in [0.2, 0.25) is 0 Å². The van der Waals surface area contributed by atoms with Gasteiger partial charge in [0, 0.05) is 24.5 Å². The zero-order chi connectivity index (χ0) is 14.6. The zero-order valence-corrected chi connectivity index (χ0v) is 11.6. The normalized spacial score (nSPS) is 11.2. The molecule has 0 atom stereocenters. The molecular weight excluding hydrogens is 252 g/mol. The van der Waals surface area contributed by atoms with Crippen molar-refractivity contribution in [2.24, 2.45) is 0 Å². The van der Waals surface area contributed by atoms with E-state index in [1.807, 2.05) is 24.3 Å². The molecule has 0 radical (unpaired) electrons. The number of nitrogens with one attached hydrogen (secondary N) is 1. The Morgan fingerprint density at radius 1 is 1.15 bits per heavy atom. The molecule has 1 aromatic carbocycles. The minimum absolute atomic E-state index is 0.126. The van der Waals surface area contributed by atoms with Crippen molar-refractivity contribution in [1.29, 1.82) is 0 Å². The molecule has 20 heavy (non-hydrogen) atoms. The number of hydrogen-bond acceptors (Lipinski definition) is 3. The third-order valence-corrected chi connectivity index (χ3v) is 3.06. The van der Waals surface area contributed by atoms with Crippen molar-refractivity contribution in [3.63, 3.8) is 0 Å². The summed E-state index contributed by atoms with van der Waals surface area (Å²) in [6.07, 6.45) is 3.18. The van der Waals surface area contributed by atoms with Crippen LogP contribution in [0.5, 0.6) is 0 Å². The molecule has 1 amide bonds. The van der Waals surface area contributed by atoms with Gasteiger partial charge in [0.05, 0.1) is 5.60 Å². The molecule has 1 heterocycles. The minimum Gasteiger partial charge on any atom is -0.386 e. The van der Waals surface area contributed by atoms with Crippen LogP contribution in [-0.2, 0) is 12.1 Å². The Bertz CT molecular complexity index is 572. The third-order valence-electron chi connectivity index (χ3n) is 3.06. The number of carbonyl (C=O) groups is 1. The summed E-state index contributed by atoms with van der Waals surface area (Å²) in [5, 5.41) is 12.7. The van der Waals surface area contributed by atoms with Crippen molar-refractivity contribution in [3.8, 4) is 0 Å². The molecule has 0 fully saturated rings. The SMILES string of the molecule is CC(C)(O)c1ccc(CNC(=O)c2ccncc2)cc1. The number of carbonyl (C=O) groups excluding carboxylic acids is 1. The second-order valence-electron chi connectivity index (χ2n) is 5.17. The van der Waals surface area contributed by atoms with Gasteiger partial charge in [0.25, 0.3) is 5.91 Å². The number of amides is 1. The van der Waals surface area contributed by atoms with Gasteiger partial charge >= 0.3 is 0 Å². The van der Waals surface area contributed by atoms with E-state index >= 15 is 0 Å². The van der Waals surface area contributed by atoms with Crippen LogP contribution in [0.1, 0.15) is 35.3 Å². The van der Waals surface area contributed by atoms with E-state index in [0.717, 1.165) is 11.1 Å². The van der Waals surface area contributed by atoms with E-state index in [4.69, 9.17) is 0 Å². The summed E-state index contributed by atoms with van der Waals surface area (Å²) in [5.74, 6) is -0.126. The van der Waals surface area contributed by atoms with Crippen LogP contribution in [0.4, 0.5) is 0 Å². The van der Waals surface area contributed by atoms with Gasteiger partial charge in [-0.3, -0.25) is 9.78 Å². The number of rotatable bonds is 4. The number of aliphatic hydroxyl groups is 1. The highest BCUT2D eigenvalue weighted by molar-refractivity contribution is 5.93. The highest BCUT2D eigenvalue weighted by atomic mass is 16.3. The quantitative estimate of drug-likeness (QED) is 0.895. The predicted octanol–water partition coefficient (Wildman–Crippen LogP) is 2.24. The lowest BCUT2D eigenvalue weighted by molar-refractivity contribution is 0.0785. The van der Waals surface area contributed by atoms with Crippen LogP contribution in [0.15, 0.2) is 48.8 Å². The molecule has 0 aliphatic rings. The fourth-order valence-corrected chi connectivity index (χ4v) is 1.82. The largest absolute Gasteiger partial charge is 0.386 e. The number of benzene rings is 1. The zero-order valence-electron chi connectivity index (χ0n) is 11.6. The monoisotopic (exact) mass is 270 g/mol. The van der Waals surface area contributed by atoms with Crippen LogP contribution in [0.25, 0.3) is 0 Å². The number of pyridine rings is 1. The van der Waals surface area contributed by atoms with Gasteiger partial charge in [-0.05, 0) is 37.1 Å². The Kier molecular flexibility index (Phi) is 4.15. The lowest BCUT2D eigenvalue weighted by Gasteiger charge is -2.17. The minimum atomic E-state index is -0.848. The van der Waals surface area contributed by atoms with Crippen molar-refractivity contribution in [2.45, 2.75) is 26.0 Å². The highest BCUT2D eigenvalue weighted by Gasteiger charge is 2.15. The fraction of sp³-hybridized carbons (Fsp3) is 0.250. The summed E-state index contributed by atoms with van der Waals surface area (Å²) in [6.45, 7) is 3.94. The predicted molar refractivity (Wildman–Crippen MR) is 77.1 cm³/mol. The van der Waals surface area contributed by atoms with Crippen LogP contribution >= 0.6 is 0 Å². The molecule has 0 saturated heterocycles. The van der Waals surface area contributed by atoms with Gasteiger partial charge in [0.15, 0.2) is 0 Å². The van der Waals surface area contributed by atoms with Crippen molar-refractivity contribution in [1.82, 2.24) is 10.3 Å². The second-order valence-corrected chi connectivity index (χ2v) is 5.17. The van der Waals surface area contributed by atoms with Gasteiger partial charge in [-0.15, -0.1) is 0 Å². The van der Waals surface area contributed by atoms with Crippen molar-refractivity contribution in [3.05, 3.63) is 65.5 Å². The van der Waals surface area contributed by atoms with E-state index in [0.29, 0.717) is 12.1 Å². The Balaban J connectivity index is 1.96. The summed E-state index contributed by atoms with van der Waals surface area (Å²) < 4.78 is 0. The molecule has 0 spiro atoms. The maximum absolute atomic E-state index is 11.9. The summed E-state index contributed by atoms with van der Waals surface area (Å²) in [7, 11) is 0. The second kappa shape index (κ2) is 5.84. The van der Waals surface area contributed by atoms with Crippen molar-refractivity contribution >= 4 is 5.91 Å². The Morgan fingerprint density at radius 2 is 1.75 bits per heavy atom.